The molecule has 0 fully saturated rings. The molecule has 0 radical (unpaired) electrons. The number of amides is 1. The van der Waals surface area contributed by atoms with Gasteiger partial charge in [-0.2, -0.15) is 0 Å². The Labute approximate surface area is 546 Å². The fourth-order valence-corrected chi connectivity index (χ4v) is 13.2. The minimum atomic E-state index is -0.839. The van der Waals surface area contributed by atoms with Crippen molar-refractivity contribution in [2.45, 2.75) is 482 Å². The van der Waals surface area contributed by atoms with Gasteiger partial charge >= 0.3 is 5.97 Å². The van der Waals surface area contributed by atoms with Crippen molar-refractivity contribution >= 4 is 11.9 Å². The molecule has 518 valence electrons. The summed E-state index contributed by atoms with van der Waals surface area (Å²) in [6, 6.07) is -0.623. The van der Waals surface area contributed by atoms with Crippen LogP contribution in [-0.4, -0.2) is 47.4 Å². The molecular weight excluding hydrogens is 1070 g/mol. The predicted octanol–water partition coefficient (Wildman–Crippen LogP) is 26.7. The first-order valence-electron chi connectivity index (χ1n) is 40.5. The Balaban J connectivity index is 3.29. The standard InChI is InChI=1S/C81H159NO5/c1-3-5-7-9-11-13-15-17-19-20-43-47-51-55-59-63-67-71-75-81(86)87-76-72-68-64-60-56-52-48-44-41-39-37-35-33-31-29-27-25-23-21-22-24-26-28-30-32-34-36-38-40-42-46-50-54-58-62-66-70-74-80(85)82-78(77-83)79(84)73-69-65-61-57-53-49-45-18-16-14-12-10-8-6-4-2/h69,73,78-79,83-84H,3-68,70-72,74-77H2,1-2H3,(H,82,85)/b73-69+. The second kappa shape index (κ2) is 77.1. The molecule has 1 amide bonds. The summed E-state index contributed by atoms with van der Waals surface area (Å²) in [6.45, 7) is 4.96. The fraction of sp³-hybridized carbons (Fsp3) is 0.951. The molecule has 2 atom stereocenters. The van der Waals surface area contributed by atoms with Gasteiger partial charge in [0, 0.05) is 12.8 Å². The Kier molecular flexibility index (Phi) is 75.8. The van der Waals surface area contributed by atoms with E-state index in [1.807, 2.05) is 6.08 Å². The first-order valence-corrected chi connectivity index (χ1v) is 40.5. The Morgan fingerprint density at radius 3 is 0.782 bits per heavy atom. The minimum Gasteiger partial charge on any atom is -0.466 e. The van der Waals surface area contributed by atoms with E-state index >= 15 is 0 Å². The van der Waals surface area contributed by atoms with E-state index in [0.29, 0.717) is 19.4 Å². The predicted molar refractivity (Wildman–Crippen MR) is 384 cm³/mol. The zero-order valence-corrected chi connectivity index (χ0v) is 59.5. The fourth-order valence-electron chi connectivity index (χ4n) is 13.2. The molecule has 0 spiro atoms. The highest BCUT2D eigenvalue weighted by atomic mass is 16.5. The number of carbonyl (C=O) groups excluding carboxylic acids is 2. The molecule has 87 heavy (non-hydrogen) atoms. The normalized spacial score (nSPS) is 12.5. The van der Waals surface area contributed by atoms with Crippen LogP contribution in [0.4, 0.5) is 0 Å². The molecule has 0 saturated carbocycles. The van der Waals surface area contributed by atoms with Crippen LogP contribution in [0, 0.1) is 0 Å². The van der Waals surface area contributed by atoms with E-state index in [1.54, 1.807) is 6.08 Å². The quantitative estimate of drug-likeness (QED) is 0.0320. The van der Waals surface area contributed by atoms with E-state index in [-0.39, 0.29) is 18.5 Å². The van der Waals surface area contributed by atoms with Gasteiger partial charge in [0.2, 0.25) is 5.91 Å². The van der Waals surface area contributed by atoms with Gasteiger partial charge in [0.25, 0.3) is 0 Å². The van der Waals surface area contributed by atoms with Crippen molar-refractivity contribution in [1.29, 1.82) is 0 Å². The first-order chi connectivity index (χ1) is 43.0. The lowest BCUT2D eigenvalue weighted by Crippen LogP contribution is -2.45. The molecule has 2 unspecified atom stereocenters. The molecule has 0 aliphatic heterocycles. The zero-order valence-electron chi connectivity index (χ0n) is 59.5. The number of allylic oxidation sites excluding steroid dienone is 1. The molecule has 0 aromatic rings. The third kappa shape index (κ3) is 73.5. The van der Waals surface area contributed by atoms with Crippen LogP contribution >= 0.6 is 0 Å². The number of rotatable bonds is 77. The molecule has 0 aromatic heterocycles. The summed E-state index contributed by atoms with van der Waals surface area (Å²) in [7, 11) is 0. The number of carbonyl (C=O) groups is 2. The van der Waals surface area contributed by atoms with Crippen LogP contribution in [0.2, 0.25) is 0 Å². The van der Waals surface area contributed by atoms with Crippen molar-refractivity contribution in [3.05, 3.63) is 12.2 Å². The zero-order chi connectivity index (χ0) is 62.8. The van der Waals surface area contributed by atoms with E-state index in [4.69, 9.17) is 4.74 Å². The lowest BCUT2D eigenvalue weighted by atomic mass is 10.0. The van der Waals surface area contributed by atoms with E-state index in [9.17, 15) is 19.8 Å². The van der Waals surface area contributed by atoms with Crippen LogP contribution in [0.25, 0.3) is 0 Å². The average Bonchev–Trinajstić information content (AvgIpc) is 3.53. The van der Waals surface area contributed by atoms with Crippen molar-refractivity contribution in [2.75, 3.05) is 13.2 Å². The van der Waals surface area contributed by atoms with Crippen LogP contribution < -0.4 is 5.32 Å². The van der Waals surface area contributed by atoms with Crippen LogP contribution in [0.1, 0.15) is 470 Å². The molecule has 6 nitrogen and oxygen atoms in total. The number of nitrogens with one attached hydrogen (secondary N) is 1. The number of aliphatic hydroxyl groups is 2. The summed E-state index contributed by atoms with van der Waals surface area (Å²) in [5, 5.41) is 23.2. The lowest BCUT2D eigenvalue weighted by Gasteiger charge is -2.20. The van der Waals surface area contributed by atoms with Gasteiger partial charge in [0.05, 0.1) is 25.4 Å². The monoisotopic (exact) mass is 1230 g/mol. The van der Waals surface area contributed by atoms with Gasteiger partial charge in [-0.25, -0.2) is 0 Å². The summed E-state index contributed by atoms with van der Waals surface area (Å²) in [5.41, 5.74) is 0. The maximum Gasteiger partial charge on any atom is 0.305 e. The van der Waals surface area contributed by atoms with E-state index in [1.165, 1.54) is 405 Å². The number of hydrogen-bond acceptors (Lipinski definition) is 5. The van der Waals surface area contributed by atoms with Gasteiger partial charge in [-0.3, -0.25) is 9.59 Å². The van der Waals surface area contributed by atoms with E-state index < -0.39 is 12.1 Å². The smallest absolute Gasteiger partial charge is 0.305 e. The largest absolute Gasteiger partial charge is 0.466 e. The molecule has 0 rings (SSSR count). The Hall–Kier alpha value is -1.40. The molecule has 6 heteroatoms. The summed E-state index contributed by atoms with van der Waals surface area (Å²) < 4.78 is 5.52. The van der Waals surface area contributed by atoms with Gasteiger partial charge < -0.3 is 20.3 Å². The highest BCUT2D eigenvalue weighted by Crippen LogP contribution is 2.20. The van der Waals surface area contributed by atoms with Crippen molar-refractivity contribution in [3.8, 4) is 0 Å². The molecule has 0 aromatic carbocycles. The number of unbranched alkanes of at least 4 members (excludes halogenated alkanes) is 66. The second-order valence-electron chi connectivity index (χ2n) is 28.1. The van der Waals surface area contributed by atoms with Gasteiger partial charge in [0.1, 0.15) is 0 Å². The highest BCUT2D eigenvalue weighted by molar-refractivity contribution is 5.76. The average molecular weight is 1230 g/mol. The minimum absolute atomic E-state index is 0.0288. The third-order valence-corrected chi connectivity index (χ3v) is 19.3. The van der Waals surface area contributed by atoms with Crippen LogP contribution in [-0.2, 0) is 14.3 Å². The highest BCUT2D eigenvalue weighted by Gasteiger charge is 2.18. The maximum atomic E-state index is 12.5. The molecule has 0 saturated heterocycles. The Morgan fingerprint density at radius 2 is 0.529 bits per heavy atom. The first kappa shape index (κ1) is 85.6. The van der Waals surface area contributed by atoms with Crippen molar-refractivity contribution in [2.24, 2.45) is 0 Å². The number of ether oxygens (including phenoxy) is 1. The molecule has 0 aliphatic rings. The molecule has 0 heterocycles. The van der Waals surface area contributed by atoms with Gasteiger partial charge in [-0.05, 0) is 32.1 Å². The Morgan fingerprint density at radius 1 is 0.310 bits per heavy atom. The van der Waals surface area contributed by atoms with Gasteiger partial charge in [-0.1, -0.05) is 437 Å². The summed E-state index contributed by atoms with van der Waals surface area (Å²) >= 11 is 0. The summed E-state index contributed by atoms with van der Waals surface area (Å²) in [4.78, 5) is 24.6. The van der Waals surface area contributed by atoms with Crippen molar-refractivity contribution in [3.63, 3.8) is 0 Å². The van der Waals surface area contributed by atoms with Crippen LogP contribution in [0.3, 0.4) is 0 Å². The summed E-state index contributed by atoms with van der Waals surface area (Å²) in [5.74, 6) is -0.0299. The topological polar surface area (TPSA) is 95.9 Å². The lowest BCUT2D eigenvalue weighted by molar-refractivity contribution is -0.143. The maximum absolute atomic E-state index is 12.5. The molecule has 3 N–H and O–H groups in total. The van der Waals surface area contributed by atoms with Crippen LogP contribution in [0.5, 0.6) is 0 Å². The molecule has 0 bridgehead atoms. The van der Waals surface area contributed by atoms with Gasteiger partial charge in [-0.15, -0.1) is 0 Å². The van der Waals surface area contributed by atoms with E-state index in [0.717, 1.165) is 38.5 Å². The number of esters is 1. The number of hydrogen-bond donors (Lipinski definition) is 3. The number of aliphatic hydroxyl groups excluding tert-OH is 2. The molecular formula is C81H159NO5. The third-order valence-electron chi connectivity index (χ3n) is 19.3. The Bertz CT molecular complexity index is 1320. The molecule has 0 aliphatic carbocycles. The SMILES string of the molecule is CCCCCCCCCCCCCCC/C=C/C(O)C(CO)NC(=O)CCCCCCCCCCCCCCCCCCCCCCCCCCCCCCCCCCCCCCCOC(=O)CCCCCCCCCCCCCCCCCCCC. The van der Waals surface area contributed by atoms with Crippen molar-refractivity contribution in [1.82, 2.24) is 5.32 Å². The second-order valence-corrected chi connectivity index (χ2v) is 28.1. The van der Waals surface area contributed by atoms with Crippen molar-refractivity contribution < 1.29 is 24.5 Å². The van der Waals surface area contributed by atoms with Crippen LogP contribution in [0.15, 0.2) is 12.2 Å². The summed E-state index contributed by atoms with van der Waals surface area (Å²) in [6.07, 6.45) is 97.8. The van der Waals surface area contributed by atoms with Gasteiger partial charge in [0.15, 0.2) is 0 Å². The van der Waals surface area contributed by atoms with E-state index in [2.05, 4.69) is 19.2 Å².